The Morgan fingerprint density at radius 3 is 2.41 bits per heavy atom. The smallest absolute Gasteiger partial charge is 0.256 e. The minimum Gasteiger partial charge on any atom is -0.381 e. The summed E-state index contributed by atoms with van der Waals surface area (Å²) in [5, 5.41) is 21.6. The Hall–Kier alpha value is -3.34. The zero-order valence-corrected chi connectivity index (χ0v) is 25.4. The number of carbonyl (C=O) groups excluding carboxylic acids is 3. The summed E-state index contributed by atoms with van der Waals surface area (Å²) in [6, 6.07) is 15.2. The lowest BCUT2D eigenvalue weighted by Crippen LogP contribution is -2.58. The fourth-order valence-electron chi connectivity index (χ4n) is 5.08. The van der Waals surface area contributed by atoms with E-state index in [1.54, 1.807) is 14.0 Å². The van der Waals surface area contributed by atoms with Crippen LogP contribution in [0.4, 0.5) is 0 Å². The van der Waals surface area contributed by atoms with Gasteiger partial charge in [0, 0.05) is 18.3 Å². The van der Waals surface area contributed by atoms with Crippen molar-refractivity contribution in [3.8, 4) is 0 Å². The van der Waals surface area contributed by atoms with E-state index >= 15 is 0 Å². The summed E-state index contributed by atoms with van der Waals surface area (Å²) in [6.45, 7) is 7.78. The minimum absolute atomic E-state index is 0.155. The Balaban J connectivity index is 1.56. The van der Waals surface area contributed by atoms with Gasteiger partial charge >= 0.3 is 0 Å². The molecule has 3 atom stereocenters. The third-order valence-corrected chi connectivity index (χ3v) is 9.23. The first-order chi connectivity index (χ1) is 19.4. The lowest BCUT2D eigenvalue weighted by atomic mass is 9.97. The lowest BCUT2D eigenvalue weighted by Gasteiger charge is -2.33. The predicted octanol–water partition coefficient (Wildman–Crippen LogP) is 3.39. The minimum atomic E-state index is -1.61. The van der Waals surface area contributed by atoms with Gasteiger partial charge in [0.25, 0.3) is 11.8 Å². The molecule has 0 saturated carbocycles. The molecule has 3 aromatic rings. The molecule has 0 spiro atoms. The second-order valence-electron chi connectivity index (χ2n) is 10.8. The number of hydrogen-bond acceptors (Lipinski definition) is 6. The highest BCUT2D eigenvalue weighted by Crippen LogP contribution is 2.40. The first-order valence-corrected chi connectivity index (χ1v) is 14.8. The number of aliphatic hydroxyl groups excluding tert-OH is 1. The van der Waals surface area contributed by atoms with E-state index in [2.05, 4.69) is 15.7 Å². The van der Waals surface area contributed by atoms with E-state index in [-0.39, 0.29) is 28.9 Å². The van der Waals surface area contributed by atoms with Crippen LogP contribution < -0.4 is 10.6 Å². The summed E-state index contributed by atoms with van der Waals surface area (Å²) >= 11 is 7.79. The molecule has 0 radical (unpaired) electrons. The number of nitrogens with one attached hydrogen (secondary N) is 2. The lowest BCUT2D eigenvalue weighted by molar-refractivity contribution is -0.147. The molecule has 3 amide bonds. The van der Waals surface area contributed by atoms with Crippen molar-refractivity contribution in [3.05, 3.63) is 87.7 Å². The molecule has 1 fully saturated rings. The van der Waals surface area contributed by atoms with Gasteiger partial charge in [-0.2, -0.15) is 5.10 Å². The number of halogens is 1. The molecule has 1 saturated heterocycles. The van der Waals surface area contributed by atoms with Crippen LogP contribution in [0, 0.1) is 13.8 Å². The Morgan fingerprint density at radius 2 is 1.78 bits per heavy atom. The molecule has 2 heterocycles. The van der Waals surface area contributed by atoms with E-state index in [9.17, 15) is 19.5 Å². The Bertz CT molecular complexity index is 1430. The van der Waals surface area contributed by atoms with Crippen LogP contribution in [0.1, 0.15) is 46.6 Å². The number of benzene rings is 2. The van der Waals surface area contributed by atoms with Gasteiger partial charge in [-0.25, -0.2) is 0 Å². The number of aromatic nitrogens is 2. The number of aryl methyl sites for hydroxylation is 3. The van der Waals surface area contributed by atoms with Gasteiger partial charge in [0.1, 0.15) is 11.2 Å². The SMILES string of the molecule is Cc1ccccc1CNC(=O)C1N(C(=O)[C@@H](O)[C@H](Cc2ccccc2)NC(=O)c2c(C)nn(C)c2Cl)CSC1(C)C. The average molecular weight is 598 g/mol. The number of carbonyl (C=O) groups is 3. The topological polar surface area (TPSA) is 117 Å². The largest absolute Gasteiger partial charge is 0.381 e. The van der Waals surface area contributed by atoms with Crippen molar-refractivity contribution in [1.29, 1.82) is 0 Å². The highest BCUT2D eigenvalue weighted by atomic mass is 35.5. The Kier molecular flexibility index (Phi) is 9.46. The molecule has 0 bridgehead atoms. The molecule has 2 aromatic carbocycles. The van der Waals surface area contributed by atoms with Crippen molar-refractivity contribution < 1.29 is 19.5 Å². The number of aliphatic hydroxyl groups is 1. The van der Waals surface area contributed by atoms with Gasteiger partial charge in [-0.05, 0) is 50.8 Å². The second-order valence-corrected chi connectivity index (χ2v) is 12.8. The van der Waals surface area contributed by atoms with Crippen LogP contribution in [-0.2, 0) is 29.6 Å². The quantitative estimate of drug-likeness (QED) is 0.348. The van der Waals surface area contributed by atoms with Crippen molar-refractivity contribution in [2.75, 3.05) is 5.88 Å². The monoisotopic (exact) mass is 597 g/mol. The van der Waals surface area contributed by atoms with Crippen LogP contribution in [0.15, 0.2) is 54.6 Å². The summed E-state index contributed by atoms with van der Waals surface area (Å²) in [7, 11) is 1.63. The van der Waals surface area contributed by atoms with Gasteiger partial charge in [0.2, 0.25) is 5.91 Å². The number of thioether (sulfide) groups is 1. The van der Waals surface area contributed by atoms with E-state index in [1.807, 2.05) is 75.4 Å². The van der Waals surface area contributed by atoms with Gasteiger partial charge < -0.3 is 20.6 Å². The predicted molar refractivity (Wildman–Crippen MR) is 161 cm³/mol. The molecule has 218 valence electrons. The third-order valence-electron chi connectivity index (χ3n) is 7.42. The maximum atomic E-state index is 13.9. The van der Waals surface area contributed by atoms with Crippen LogP contribution in [0.25, 0.3) is 0 Å². The van der Waals surface area contributed by atoms with Gasteiger partial charge in [-0.3, -0.25) is 19.1 Å². The number of nitrogens with zero attached hydrogens (tertiary/aromatic N) is 3. The van der Waals surface area contributed by atoms with Crippen molar-refractivity contribution >= 4 is 41.1 Å². The van der Waals surface area contributed by atoms with Crippen molar-refractivity contribution in [1.82, 2.24) is 25.3 Å². The summed E-state index contributed by atoms with van der Waals surface area (Å²) < 4.78 is 0.799. The normalized spacial score (nSPS) is 17.6. The van der Waals surface area contributed by atoms with Gasteiger partial charge in [-0.1, -0.05) is 66.2 Å². The summed E-state index contributed by atoms with van der Waals surface area (Å²) in [6.07, 6.45) is -1.43. The Labute approximate surface area is 249 Å². The number of amides is 3. The van der Waals surface area contributed by atoms with Crippen molar-refractivity contribution in [2.24, 2.45) is 7.05 Å². The first kappa shape index (κ1) is 30.6. The van der Waals surface area contributed by atoms with Crippen LogP contribution in [-0.4, -0.2) is 66.3 Å². The van der Waals surface area contributed by atoms with E-state index in [0.29, 0.717) is 12.2 Å². The van der Waals surface area contributed by atoms with Crippen LogP contribution in [0.5, 0.6) is 0 Å². The molecule has 3 N–H and O–H groups in total. The third kappa shape index (κ3) is 6.77. The number of rotatable bonds is 9. The van der Waals surface area contributed by atoms with Gasteiger partial charge in [0.05, 0.1) is 23.2 Å². The molecule has 1 unspecified atom stereocenters. The van der Waals surface area contributed by atoms with E-state index < -0.39 is 34.7 Å². The summed E-state index contributed by atoms with van der Waals surface area (Å²) in [4.78, 5) is 42.1. The molecule has 9 nitrogen and oxygen atoms in total. The molecule has 1 aliphatic rings. The maximum Gasteiger partial charge on any atom is 0.256 e. The molecular weight excluding hydrogens is 562 g/mol. The number of hydrogen-bond donors (Lipinski definition) is 3. The highest BCUT2D eigenvalue weighted by Gasteiger charge is 2.49. The fraction of sp³-hybridized carbons (Fsp3) is 0.400. The highest BCUT2D eigenvalue weighted by molar-refractivity contribution is 8.00. The van der Waals surface area contributed by atoms with E-state index in [0.717, 1.165) is 16.7 Å². The first-order valence-electron chi connectivity index (χ1n) is 13.4. The molecule has 11 heteroatoms. The fourth-order valence-corrected chi connectivity index (χ4v) is 6.48. The molecule has 1 aliphatic heterocycles. The standard InChI is InChI=1S/C30H36ClN5O4S/c1-18-11-9-10-14-21(18)16-32-28(39)25-30(3,4)41-17-36(25)29(40)24(37)22(15-20-12-7-6-8-13-20)33-27(38)23-19(2)34-35(5)26(23)31/h6-14,22,24-25,37H,15-17H2,1-5H3,(H,32,39)(H,33,38)/t22-,24-,25?/m0/s1. The molecule has 41 heavy (non-hydrogen) atoms. The Morgan fingerprint density at radius 1 is 1.12 bits per heavy atom. The van der Waals surface area contributed by atoms with Crippen LogP contribution in [0.2, 0.25) is 5.15 Å². The zero-order valence-electron chi connectivity index (χ0n) is 23.8. The summed E-state index contributed by atoms with van der Waals surface area (Å²) in [5.41, 5.74) is 3.47. The molecular formula is C30H36ClN5O4S. The second kappa shape index (κ2) is 12.7. The average Bonchev–Trinajstić information content (AvgIpc) is 3.39. The summed E-state index contributed by atoms with van der Waals surface area (Å²) in [5.74, 6) is -1.25. The molecule has 4 rings (SSSR count). The van der Waals surface area contributed by atoms with Crippen molar-refractivity contribution in [2.45, 2.75) is 63.6 Å². The van der Waals surface area contributed by atoms with Crippen LogP contribution in [0.3, 0.4) is 0 Å². The van der Waals surface area contributed by atoms with Gasteiger partial charge in [0.15, 0.2) is 6.10 Å². The van der Waals surface area contributed by atoms with Crippen LogP contribution >= 0.6 is 23.4 Å². The maximum absolute atomic E-state index is 13.9. The van der Waals surface area contributed by atoms with E-state index in [1.165, 1.54) is 21.3 Å². The zero-order chi connectivity index (χ0) is 29.9. The molecule has 1 aromatic heterocycles. The van der Waals surface area contributed by atoms with Crippen molar-refractivity contribution in [3.63, 3.8) is 0 Å². The van der Waals surface area contributed by atoms with Gasteiger partial charge in [-0.15, -0.1) is 11.8 Å². The van der Waals surface area contributed by atoms with E-state index in [4.69, 9.17) is 11.6 Å². The molecule has 0 aliphatic carbocycles.